The lowest BCUT2D eigenvalue weighted by Crippen LogP contribution is -2.49. The summed E-state index contributed by atoms with van der Waals surface area (Å²) < 4.78 is 54.3. The first-order chi connectivity index (χ1) is 21.2. The van der Waals surface area contributed by atoms with Gasteiger partial charge in [-0.05, 0) is 59.5 Å². The van der Waals surface area contributed by atoms with Gasteiger partial charge in [0.1, 0.15) is 5.82 Å². The molecule has 4 aromatic rings. The fourth-order valence-corrected chi connectivity index (χ4v) is 5.62. The fraction of sp³-hybridized carbons (Fsp3) is 0.257. The minimum Gasteiger partial charge on any atom is -0.369 e. The number of carbonyl (C=O) groups excluding carboxylic acids is 2. The van der Waals surface area contributed by atoms with Gasteiger partial charge in [-0.3, -0.25) is 14.5 Å². The van der Waals surface area contributed by atoms with Crippen LogP contribution in [0, 0.1) is 5.82 Å². The van der Waals surface area contributed by atoms with E-state index in [1.54, 1.807) is 30.3 Å². The first kappa shape index (κ1) is 30.9. The highest BCUT2D eigenvalue weighted by atomic mass is 19.4. The number of benzene rings is 4. The molecule has 44 heavy (non-hydrogen) atoms. The molecule has 1 saturated heterocycles. The van der Waals surface area contributed by atoms with Crippen LogP contribution in [-0.2, 0) is 11.0 Å². The second-order valence-corrected chi connectivity index (χ2v) is 10.8. The van der Waals surface area contributed by atoms with Gasteiger partial charge in [0.05, 0.1) is 17.3 Å². The van der Waals surface area contributed by atoms with Crippen molar-refractivity contribution in [3.63, 3.8) is 0 Å². The minimum absolute atomic E-state index is 0.00564. The summed E-state index contributed by atoms with van der Waals surface area (Å²) >= 11 is 0. The number of nitrogens with one attached hydrogen (secondary N) is 1. The molecule has 1 N–H and O–H groups in total. The maximum Gasteiger partial charge on any atom is 0.416 e. The van der Waals surface area contributed by atoms with E-state index in [4.69, 9.17) is 0 Å². The van der Waals surface area contributed by atoms with Gasteiger partial charge in [-0.25, -0.2) is 4.39 Å². The molecule has 5 rings (SSSR count). The molecule has 1 aliphatic rings. The zero-order valence-electron chi connectivity index (χ0n) is 24.3. The molecule has 1 fully saturated rings. The number of amides is 1. The summed E-state index contributed by atoms with van der Waals surface area (Å²) in [5.41, 5.74) is 1.93. The van der Waals surface area contributed by atoms with Crippen molar-refractivity contribution in [2.75, 3.05) is 36.4 Å². The molecule has 0 radical (unpaired) electrons. The lowest BCUT2D eigenvalue weighted by atomic mass is 9.97. The number of alkyl halides is 3. The largest absolute Gasteiger partial charge is 0.416 e. The number of rotatable bonds is 9. The van der Waals surface area contributed by atoms with Gasteiger partial charge in [0.25, 0.3) is 5.91 Å². The molecule has 1 unspecified atom stereocenters. The number of Topliss-reactive ketones (excluding diaryl/α,β-unsaturated/α-hetero) is 1. The molecule has 1 aliphatic heterocycles. The molecule has 1 atom stereocenters. The molecular weight excluding hydrogens is 570 g/mol. The Morgan fingerprint density at radius 2 is 1.50 bits per heavy atom. The highest BCUT2D eigenvalue weighted by Gasteiger charge is 2.31. The van der Waals surface area contributed by atoms with E-state index in [1.165, 1.54) is 24.3 Å². The molecule has 1 heterocycles. The first-order valence-electron chi connectivity index (χ1n) is 14.6. The van der Waals surface area contributed by atoms with E-state index in [2.05, 4.69) is 15.1 Å². The molecular formula is C35H33F4N3O2. The van der Waals surface area contributed by atoms with Gasteiger partial charge in [0, 0.05) is 43.9 Å². The standard InChI is InChI=1S/C35H33F4N3O2/c1-2-8-32(43)33(25-9-4-3-5-10-25)42-21-19-41(20-22-42)27-17-18-31(30(36)23-27)40-34(44)29-12-7-6-11-28(29)24-13-15-26(16-14-24)35(37,38)39/h3-7,9-18,23,33H,2,8,19-22H2,1H3,(H,40,44). The van der Waals surface area contributed by atoms with Crippen LogP contribution in [0.1, 0.15) is 47.3 Å². The van der Waals surface area contributed by atoms with Crippen LogP contribution in [0.15, 0.2) is 97.1 Å². The number of halogens is 4. The second kappa shape index (κ2) is 13.4. The number of piperazine rings is 1. The average Bonchev–Trinajstić information content (AvgIpc) is 3.03. The Kier molecular flexibility index (Phi) is 9.44. The van der Waals surface area contributed by atoms with E-state index < -0.39 is 23.5 Å². The number of hydrogen-bond donors (Lipinski definition) is 1. The quantitative estimate of drug-likeness (QED) is 0.197. The Labute approximate surface area is 254 Å². The van der Waals surface area contributed by atoms with Crippen molar-refractivity contribution in [2.45, 2.75) is 32.0 Å². The number of ketones is 1. The highest BCUT2D eigenvalue weighted by Crippen LogP contribution is 2.33. The Hall–Kier alpha value is -4.50. The fourth-order valence-electron chi connectivity index (χ4n) is 5.62. The van der Waals surface area contributed by atoms with Gasteiger partial charge in [0.15, 0.2) is 5.78 Å². The Bertz CT molecular complexity index is 1600. The van der Waals surface area contributed by atoms with E-state index in [0.717, 1.165) is 24.1 Å². The molecule has 0 saturated carbocycles. The van der Waals surface area contributed by atoms with Crippen molar-refractivity contribution in [3.05, 3.63) is 120 Å². The van der Waals surface area contributed by atoms with E-state index in [-0.39, 0.29) is 23.1 Å². The van der Waals surface area contributed by atoms with Gasteiger partial charge < -0.3 is 10.2 Å². The smallest absolute Gasteiger partial charge is 0.369 e. The third-order valence-electron chi connectivity index (χ3n) is 7.86. The summed E-state index contributed by atoms with van der Waals surface area (Å²) in [6.07, 6.45) is -3.18. The van der Waals surface area contributed by atoms with Crippen LogP contribution < -0.4 is 10.2 Å². The predicted octanol–water partition coefficient (Wildman–Crippen LogP) is 8.00. The zero-order valence-corrected chi connectivity index (χ0v) is 24.3. The van der Waals surface area contributed by atoms with Crippen LogP contribution in [0.5, 0.6) is 0 Å². The lowest BCUT2D eigenvalue weighted by Gasteiger charge is -2.40. The Morgan fingerprint density at radius 3 is 2.14 bits per heavy atom. The predicted molar refractivity (Wildman–Crippen MR) is 164 cm³/mol. The Morgan fingerprint density at radius 1 is 0.841 bits per heavy atom. The molecule has 0 aliphatic carbocycles. The van der Waals surface area contributed by atoms with Crippen molar-refractivity contribution in [1.29, 1.82) is 0 Å². The summed E-state index contributed by atoms with van der Waals surface area (Å²) in [5.74, 6) is -0.992. The van der Waals surface area contributed by atoms with Gasteiger partial charge in [-0.1, -0.05) is 67.6 Å². The van der Waals surface area contributed by atoms with E-state index >= 15 is 4.39 Å². The summed E-state index contributed by atoms with van der Waals surface area (Å²) in [5, 5.41) is 2.61. The molecule has 4 aromatic carbocycles. The molecule has 5 nitrogen and oxygen atoms in total. The van der Waals surface area contributed by atoms with Gasteiger partial charge >= 0.3 is 6.18 Å². The maximum absolute atomic E-state index is 15.3. The van der Waals surface area contributed by atoms with Crippen molar-refractivity contribution in [3.8, 4) is 11.1 Å². The second-order valence-electron chi connectivity index (χ2n) is 10.8. The van der Waals surface area contributed by atoms with Crippen LogP contribution >= 0.6 is 0 Å². The van der Waals surface area contributed by atoms with Gasteiger partial charge in [0.2, 0.25) is 0 Å². The van der Waals surface area contributed by atoms with Crippen molar-refractivity contribution in [1.82, 2.24) is 4.90 Å². The van der Waals surface area contributed by atoms with Gasteiger partial charge in [-0.2, -0.15) is 13.2 Å². The molecule has 228 valence electrons. The monoisotopic (exact) mass is 603 g/mol. The normalized spacial score (nSPS) is 14.7. The van der Waals surface area contributed by atoms with E-state index in [9.17, 15) is 22.8 Å². The minimum atomic E-state index is -4.47. The van der Waals surface area contributed by atoms with Crippen LogP contribution in [-0.4, -0.2) is 42.8 Å². The molecule has 9 heteroatoms. The van der Waals surface area contributed by atoms with Crippen LogP contribution in [0.2, 0.25) is 0 Å². The van der Waals surface area contributed by atoms with Crippen LogP contribution in [0.4, 0.5) is 28.9 Å². The SMILES string of the molecule is CCCC(=O)C(c1ccccc1)N1CCN(c2ccc(NC(=O)c3ccccc3-c3ccc(C(F)(F)F)cc3)c(F)c2)CC1. The molecule has 0 aromatic heterocycles. The summed E-state index contributed by atoms with van der Waals surface area (Å²) in [4.78, 5) is 30.5. The third-order valence-corrected chi connectivity index (χ3v) is 7.86. The summed E-state index contributed by atoms with van der Waals surface area (Å²) in [7, 11) is 0. The molecule has 1 amide bonds. The number of hydrogen-bond acceptors (Lipinski definition) is 4. The van der Waals surface area contributed by atoms with Crippen molar-refractivity contribution >= 4 is 23.1 Å². The topological polar surface area (TPSA) is 52.7 Å². The highest BCUT2D eigenvalue weighted by molar-refractivity contribution is 6.08. The number of anilines is 2. The zero-order chi connectivity index (χ0) is 31.3. The molecule has 0 spiro atoms. The number of nitrogens with zero attached hydrogens (tertiary/aromatic N) is 2. The van der Waals surface area contributed by atoms with Crippen molar-refractivity contribution in [2.24, 2.45) is 0 Å². The summed E-state index contributed by atoms with van der Waals surface area (Å²) in [6.45, 7) is 4.48. The molecule has 0 bridgehead atoms. The maximum atomic E-state index is 15.3. The van der Waals surface area contributed by atoms with E-state index in [1.807, 2.05) is 37.3 Å². The lowest BCUT2D eigenvalue weighted by molar-refractivity contribution is -0.137. The summed E-state index contributed by atoms with van der Waals surface area (Å²) in [6, 6.07) is 25.1. The third kappa shape index (κ3) is 7.00. The van der Waals surface area contributed by atoms with E-state index in [0.29, 0.717) is 49.4 Å². The van der Waals surface area contributed by atoms with Gasteiger partial charge in [-0.15, -0.1) is 0 Å². The van der Waals surface area contributed by atoms with Crippen molar-refractivity contribution < 1.29 is 27.2 Å². The first-order valence-corrected chi connectivity index (χ1v) is 14.6. The average molecular weight is 604 g/mol. The van der Waals surface area contributed by atoms with Crippen LogP contribution in [0.3, 0.4) is 0 Å². The number of carbonyl (C=O) groups is 2. The van der Waals surface area contributed by atoms with Crippen LogP contribution in [0.25, 0.3) is 11.1 Å². The Balaban J connectivity index is 1.26.